The Morgan fingerprint density at radius 2 is 2.04 bits per heavy atom. The van der Waals surface area contributed by atoms with Crippen molar-refractivity contribution in [1.82, 2.24) is 15.2 Å². The molecule has 3 aromatic rings. The highest BCUT2D eigenvalue weighted by Gasteiger charge is 2.13. The number of rotatable bonds is 5. The van der Waals surface area contributed by atoms with Gasteiger partial charge in [-0.05, 0) is 70.1 Å². The second-order valence-corrected chi connectivity index (χ2v) is 7.88. The van der Waals surface area contributed by atoms with Crippen LogP contribution in [0.15, 0.2) is 30.3 Å². The first kappa shape index (κ1) is 16.5. The lowest BCUT2D eigenvalue weighted by Crippen LogP contribution is -2.28. The van der Waals surface area contributed by atoms with Gasteiger partial charge in [-0.15, -0.1) is 11.3 Å². The Balaban J connectivity index is 1.43. The number of hydrogen-bond acceptors (Lipinski definition) is 4. The van der Waals surface area contributed by atoms with Gasteiger partial charge in [-0.1, -0.05) is 11.6 Å². The molecule has 1 aliphatic heterocycles. The van der Waals surface area contributed by atoms with E-state index < -0.39 is 0 Å². The molecule has 1 saturated heterocycles. The summed E-state index contributed by atoms with van der Waals surface area (Å²) in [7, 11) is 0. The van der Waals surface area contributed by atoms with Crippen LogP contribution in [0, 0.1) is 6.92 Å². The Morgan fingerprint density at radius 1 is 1.20 bits per heavy atom. The van der Waals surface area contributed by atoms with E-state index in [0.29, 0.717) is 0 Å². The van der Waals surface area contributed by atoms with Crippen LogP contribution in [0.1, 0.15) is 34.5 Å². The molecule has 0 radical (unpaired) electrons. The highest BCUT2D eigenvalue weighted by atomic mass is 32.1. The van der Waals surface area contributed by atoms with E-state index in [1.807, 2.05) is 12.1 Å². The number of nitrogens with zero attached hydrogens (tertiary/aromatic N) is 2. The molecule has 25 heavy (non-hydrogen) atoms. The Morgan fingerprint density at radius 3 is 2.88 bits per heavy atom. The molecule has 130 valence electrons. The Labute approximate surface area is 151 Å². The maximum atomic E-state index is 12.4. The number of amides is 1. The van der Waals surface area contributed by atoms with Crippen LogP contribution in [-0.2, 0) is 0 Å². The van der Waals surface area contributed by atoms with Gasteiger partial charge in [0.25, 0.3) is 5.91 Å². The van der Waals surface area contributed by atoms with Crippen LogP contribution in [-0.4, -0.2) is 42.0 Å². The smallest absolute Gasteiger partial charge is 0.261 e. The summed E-state index contributed by atoms with van der Waals surface area (Å²) >= 11 is 1.47. The van der Waals surface area contributed by atoms with Gasteiger partial charge >= 0.3 is 0 Å². The van der Waals surface area contributed by atoms with Crippen molar-refractivity contribution in [3.05, 3.63) is 40.8 Å². The molecule has 4 rings (SSSR count). The molecule has 5 heteroatoms. The molecule has 0 atom stereocenters. The maximum absolute atomic E-state index is 12.4. The summed E-state index contributed by atoms with van der Waals surface area (Å²) in [5.74, 6) is 0.0182. The zero-order valence-corrected chi connectivity index (χ0v) is 15.4. The van der Waals surface area contributed by atoms with Crippen molar-refractivity contribution in [2.24, 2.45) is 0 Å². The van der Waals surface area contributed by atoms with Gasteiger partial charge in [-0.25, -0.2) is 4.98 Å². The number of carbonyl (C=O) groups excluding carboxylic acids is 1. The lowest BCUT2D eigenvalue weighted by atomic mass is 10.1. The number of thiophene rings is 1. The molecular weight excluding hydrogens is 330 g/mol. The molecule has 1 aliphatic rings. The van der Waals surface area contributed by atoms with Crippen molar-refractivity contribution in [2.45, 2.75) is 26.2 Å². The summed E-state index contributed by atoms with van der Waals surface area (Å²) in [6, 6.07) is 10.3. The first-order chi connectivity index (χ1) is 12.2. The van der Waals surface area contributed by atoms with E-state index in [1.165, 1.54) is 42.8 Å². The number of nitrogens with one attached hydrogen (secondary N) is 1. The summed E-state index contributed by atoms with van der Waals surface area (Å²) < 4.78 is 0. The molecule has 0 aliphatic carbocycles. The summed E-state index contributed by atoms with van der Waals surface area (Å²) in [5.41, 5.74) is 2.21. The fraction of sp³-hybridized carbons (Fsp3) is 0.400. The average molecular weight is 353 g/mol. The minimum atomic E-state index is 0.0182. The lowest BCUT2D eigenvalue weighted by molar-refractivity contribution is 0.0956. The zero-order chi connectivity index (χ0) is 17.2. The number of benzene rings is 1. The van der Waals surface area contributed by atoms with E-state index in [2.05, 4.69) is 35.3 Å². The van der Waals surface area contributed by atoms with E-state index in [-0.39, 0.29) is 5.91 Å². The first-order valence-corrected chi connectivity index (χ1v) is 9.82. The van der Waals surface area contributed by atoms with Crippen LogP contribution in [0.25, 0.3) is 21.1 Å². The van der Waals surface area contributed by atoms with Crippen molar-refractivity contribution in [3.63, 3.8) is 0 Å². The van der Waals surface area contributed by atoms with Crippen molar-refractivity contribution in [1.29, 1.82) is 0 Å². The third-order valence-electron chi connectivity index (χ3n) is 4.82. The summed E-state index contributed by atoms with van der Waals surface area (Å²) in [4.78, 5) is 21.3. The number of pyridine rings is 1. The van der Waals surface area contributed by atoms with Crippen LogP contribution in [0.4, 0.5) is 0 Å². The molecule has 0 unspecified atom stereocenters. The van der Waals surface area contributed by atoms with Gasteiger partial charge in [0, 0.05) is 17.3 Å². The molecular formula is C20H23N3OS. The van der Waals surface area contributed by atoms with E-state index in [4.69, 9.17) is 4.98 Å². The highest BCUT2D eigenvalue weighted by Crippen LogP contribution is 2.27. The summed E-state index contributed by atoms with van der Waals surface area (Å²) in [6.07, 6.45) is 3.64. The molecule has 1 fully saturated rings. The molecule has 0 spiro atoms. The van der Waals surface area contributed by atoms with Crippen molar-refractivity contribution < 1.29 is 4.79 Å². The number of hydrogen-bond donors (Lipinski definition) is 1. The average Bonchev–Trinajstić information content (AvgIpc) is 3.25. The number of carbonyl (C=O) groups is 1. The van der Waals surface area contributed by atoms with E-state index in [0.717, 1.165) is 45.5 Å². The zero-order valence-electron chi connectivity index (χ0n) is 14.5. The number of likely N-dealkylation sites (tertiary alicyclic amines) is 1. The largest absolute Gasteiger partial charge is 0.351 e. The van der Waals surface area contributed by atoms with Crippen LogP contribution in [0.2, 0.25) is 0 Å². The third kappa shape index (κ3) is 3.67. The predicted octanol–water partition coefficient (Wildman–Crippen LogP) is 3.97. The number of aryl methyl sites for hydroxylation is 1. The normalized spacial score (nSPS) is 15.2. The molecule has 3 heterocycles. The lowest BCUT2D eigenvalue weighted by Gasteiger charge is -2.13. The first-order valence-electron chi connectivity index (χ1n) is 9.00. The maximum Gasteiger partial charge on any atom is 0.261 e. The standard InChI is InChI=1S/C20H23N3OS/c1-14-5-6-17-15(11-14)12-16-13-18(25-20(16)22-17)19(24)21-7-4-10-23-8-2-3-9-23/h5-6,11-13H,2-4,7-10H2,1H3,(H,21,24). The van der Waals surface area contributed by atoms with Gasteiger partial charge in [0.15, 0.2) is 0 Å². The van der Waals surface area contributed by atoms with Crippen molar-refractivity contribution in [2.75, 3.05) is 26.2 Å². The molecule has 1 amide bonds. The molecule has 2 aromatic heterocycles. The molecule has 0 saturated carbocycles. The van der Waals surface area contributed by atoms with Gasteiger partial charge in [-0.3, -0.25) is 4.79 Å². The number of fused-ring (bicyclic) bond motifs is 2. The van der Waals surface area contributed by atoms with Gasteiger partial charge in [0.2, 0.25) is 0 Å². The fourth-order valence-corrected chi connectivity index (χ4v) is 4.40. The predicted molar refractivity (Wildman–Crippen MR) is 104 cm³/mol. The van der Waals surface area contributed by atoms with E-state index >= 15 is 0 Å². The SMILES string of the molecule is Cc1ccc2nc3sc(C(=O)NCCCN4CCCC4)cc3cc2c1. The Bertz CT molecular complexity index is 912. The fourth-order valence-electron chi connectivity index (χ4n) is 3.46. The third-order valence-corrected chi connectivity index (χ3v) is 5.86. The van der Waals surface area contributed by atoms with Crippen LogP contribution >= 0.6 is 11.3 Å². The van der Waals surface area contributed by atoms with E-state index in [1.54, 1.807) is 0 Å². The Hall–Kier alpha value is -1.98. The van der Waals surface area contributed by atoms with Gasteiger partial charge in [-0.2, -0.15) is 0 Å². The van der Waals surface area contributed by atoms with Crippen molar-refractivity contribution in [3.8, 4) is 0 Å². The minimum absolute atomic E-state index is 0.0182. The molecule has 1 N–H and O–H groups in total. The highest BCUT2D eigenvalue weighted by molar-refractivity contribution is 7.20. The minimum Gasteiger partial charge on any atom is -0.351 e. The molecule has 1 aromatic carbocycles. The second-order valence-electron chi connectivity index (χ2n) is 6.85. The summed E-state index contributed by atoms with van der Waals surface area (Å²) in [6.45, 7) is 6.32. The summed E-state index contributed by atoms with van der Waals surface area (Å²) in [5, 5.41) is 5.23. The van der Waals surface area contributed by atoms with Crippen LogP contribution < -0.4 is 5.32 Å². The Kier molecular flexibility index (Phi) is 4.68. The number of aromatic nitrogens is 1. The van der Waals surface area contributed by atoms with Crippen LogP contribution in [0.3, 0.4) is 0 Å². The molecule has 4 nitrogen and oxygen atoms in total. The van der Waals surface area contributed by atoms with Crippen molar-refractivity contribution >= 4 is 38.4 Å². The van der Waals surface area contributed by atoms with Gasteiger partial charge < -0.3 is 10.2 Å². The quantitative estimate of drug-likeness (QED) is 0.706. The second kappa shape index (κ2) is 7.10. The topological polar surface area (TPSA) is 45.2 Å². The van der Waals surface area contributed by atoms with Crippen LogP contribution in [0.5, 0.6) is 0 Å². The van der Waals surface area contributed by atoms with Gasteiger partial charge in [0.05, 0.1) is 10.4 Å². The van der Waals surface area contributed by atoms with Gasteiger partial charge in [0.1, 0.15) is 4.83 Å². The monoisotopic (exact) mass is 353 g/mol. The van der Waals surface area contributed by atoms with E-state index in [9.17, 15) is 4.79 Å². The molecule has 0 bridgehead atoms.